The Morgan fingerprint density at radius 2 is 2.42 bits per heavy atom. The summed E-state index contributed by atoms with van der Waals surface area (Å²) in [4.78, 5) is 11.0. The summed E-state index contributed by atoms with van der Waals surface area (Å²) in [6.45, 7) is 5.22. The fourth-order valence-electron chi connectivity index (χ4n) is 0.693. The summed E-state index contributed by atoms with van der Waals surface area (Å²) in [6, 6.07) is 0. The molecule has 1 N–H and O–H groups in total. The third kappa shape index (κ3) is 2.06. The highest BCUT2D eigenvalue weighted by Crippen LogP contribution is 2.23. The lowest BCUT2D eigenvalue weighted by Gasteiger charge is -2.00. The van der Waals surface area contributed by atoms with Gasteiger partial charge in [-0.25, -0.2) is 4.79 Å². The first kappa shape index (κ1) is 9.22. The molecule has 0 saturated carbocycles. The van der Waals surface area contributed by atoms with Crippen LogP contribution in [0.5, 0.6) is 0 Å². The molecule has 68 valence electrons. The Balaban J connectivity index is 2.24. The van der Waals surface area contributed by atoms with Crippen LogP contribution in [0.2, 0.25) is 0 Å². The van der Waals surface area contributed by atoms with E-state index in [0.717, 1.165) is 0 Å². The minimum Gasteiger partial charge on any atom is -0.429 e. The van der Waals surface area contributed by atoms with Crippen molar-refractivity contribution in [3.63, 3.8) is 0 Å². The molecule has 1 aliphatic rings. The Labute approximate surface area is 70.8 Å². The molecule has 1 fully saturated rings. The SMILES string of the molecule is C=C(CC)C(=O)OC1OC1CO. The Kier molecular flexibility index (Phi) is 2.83. The lowest BCUT2D eigenvalue weighted by atomic mass is 10.2. The fourth-order valence-corrected chi connectivity index (χ4v) is 0.693. The topological polar surface area (TPSA) is 59.1 Å². The van der Waals surface area contributed by atoms with Crippen LogP contribution in [0.1, 0.15) is 13.3 Å². The predicted octanol–water partition coefficient (Wildman–Crippen LogP) is 0.213. The van der Waals surface area contributed by atoms with Gasteiger partial charge < -0.3 is 14.6 Å². The highest BCUT2D eigenvalue weighted by atomic mass is 16.8. The molecule has 4 heteroatoms. The lowest BCUT2D eigenvalue weighted by Crippen LogP contribution is -2.12. The molecule has 1 saturated heterocycles. The highest BCUT2D eigenvalue weighted by molar-refractivity contribution is 5.87. The van der Waals surface area contributed by atoms with Crippen molar-refractivity contribution in [3.8, 4) is 0 Å². The van der Waals surface area contributed by atoms with Gasteiger partial charge in [-0.05, 0) is 6.42 Å². The van der Waals surface area contributed by atoms with Crippen molar-refractivity contribution >= 4 is 5.97 Å². The Morgan fingerprint density at radius 3 is 2.83 bits per heavy atom. The number of rotatable bonds is 4. The first-order valence-corrected chi connectivity index (χ1v) is 3.84. The number of epoxide rings is 1. The Morgan fingerprint density at radius 1 is 1.75 bits per heavy atom. The van der Waals surface area contributed by atoms with Crippen LogP contribution < -0.4 is 0 Å². The highest BCUT2D eigenvalue weighted by Gasteiger charge is 2.42. The second kappa shape index (κ2) is 3.69. The molecule has 0 spiro atoms. The Hall–Kier alpha value is -0.870. The zero-order valence-electron chi connectivity index (χ0n) is 6.95. The zero-order valence-corrected chi connectivity index (χ0v) is 6.95. The van der Waals surface area contributed by atoms with E-state index >= 15 is 0 Å². The second-order valence-corrected chi connectivity index (χ2v) is 2.59. The van der Waals surface area contributed by atoms with Crippen LogP contribution in [-0.4, -0.2) is 30.1 Å². The summed E-state index contributed by atoms with van der Waals surface area (Å²) >= 11 is 0. The molecule has 1 heterocycles. The van der Waals surface area contributed by atoms with Crippen molar-refractivity contribution < 1.29 is 19.4 Å². The van der Waals surface area contributed by atoms with Gasteiger partial charge in [-0.3, -0.25) is 0 Å². The molecule has 0 aromatic carbocycles. The number of carbonyl (C=O) groups excluding carboxylic acids is 1. The molecular weight excluding hydrogens is 160 g/mol. The van der Waals surface area contributed by atoms with E-state index in [2.05, 4.69) is 6.58 Å². The van der Waals surface area contributed by atoms with Crippen molar-refractivity contribution in [3.05, 3.63) is 12.2 Å². The maximum atomic E-state index is 11.0. The average molecular weight is 172 g/mol. The van der Waals surface area contributed by atoms with Crippen LogP contribution in [-0.2, 0) is 14.3 Å². The van der Waals surface area contributed by atoms with Crippen molar-refractivity contribution in [2.75, 3.05) is 6.61 Å². The number of esters is 1. The monoisotopic (exact) mass is 172 g/mol. The summed E-state index contributed by atoms with van der Waals surface area (Å²) in [5.41, 5.74) is 0.419. The molecule has 12 heavy (non-hydrogen) atoms. The molecule has 0 aromatic heterocycles. The van der Waals surface area contributed by atoms with Gasteiger partial charge in [-0.1, -0.05) is 13.5 Å². The van der Waals surface area contributed by atoms with E-state index in [-0.39, 0.29) is 12.7 Å². The third-order valence-corrected chi connectivity index (χ3v) is 1.65. The maximum absolute atomic E-state index is 11.0. The normalized spacial score (nSPS) is 26.5. The molecule has 1 aliphatic heterocycles. The first-order valence-electron chi connectivity index (χ1n) is 3.84. The second-order valence-electron chi connectivity index (χ2n) is 2.59. The van der Waals surface area contributed by atoms with Crippen LogP contribution in [0.25, 0.3) is 0 Å². The van der Waals surface area contributed by atoms with Gasteiger partial charge in [-0.15, -0.1) is 0 Å². The molecular formula is C8H12O4. The van der Waals surface area contributed by atoms with Gasteiger partial charge in [0.1, 0.15) is 6.10 Å². The molecule has 0 bridgehead atoms. The van der Waals surface area contributed by atoms with Gasteiger partial charge in [0.05, 0.1) is 6.61 Å². The van der Waals surface area contributed by atoms with Crippen LogP contribution in [0, 0.1) is 0 Å². The predicted molar refractivity (Wildman–Crippen MR) is 41.3 cm³/mol. The van der Waals surface area contributed by atoms with Crippen molar-refractivity contribution in [1.29, 1.82) is 0 Å². The van der Waals surface area contributed by atoms with E-state index in [0.29, 0.717) is 12.0 Å². The summed E-state index contributed by atoms with van der Waals surface area (Å²) in [5.74, 6) is -0.446. The summed E-state index contributed by atoms with van der Waals surface area (Å²) < 4.78 is 9.59. The van der Waals surface area contributed by atoms with Crippen LogP contribution in [0.15, 0.2) is 12.2 Å². The molecule has 0 aromatic rings. The van der Waals surface area contributed by atoms with Crippen LogP contribution >= 0.6 is 0 Å². The van der Waals surface area contributed by atoms with Crippen molar-refractivity contribution in [2.24, 2.45) is 0 Å². The number of aliphatic hydroxyl groups is 1. The minimum absolute atomic E-state index is 0.115. The molecule has 0 amide bonds. The summed E-state index contributed by atoms with van der Waals surface area (Å²) in [6.07, 6.45) is -0.334. The number of ether oxygens (including phenoxy) is 2. The third-order valence-electron chi connectivity index (χ3n) is 1.65. The van der Waals surface area contributed by atoms with Gasteiger partial charge in [0.2, 0.25) is 6.29 Å². The van der Waals surface area contributed by atoms with Crippen molar-refractivity contribution in [2.45, 2.75) is 25.7 Å². The van der Waals surface area contributed by atoms with Gasteiger partial charge in [-0.2, -0.15) is 0 Å². The minimum atomic E-state index is -0.564. The van der Waals surface area contributed by atoms with Crippen molar-refractivity contribution in [1.82, 2.24) is 0 Å². The molecule has 1 rings (SSSR count). The summed E-state index contributed by atoms with van der Waals surface area (Å²) in [7, 11) is 0. The van der Waals surface area contributed by atoms with E-state index in [1.54, 1.807) is 0 Å². The number of aliphatic hydroxyl groups excluding tert-OH is 1. The van der Waals surface area contributed by atoms with Crippen LogP contribution in [0.3, 0.4) is 0 Å². The quantitative estimate of drug-likeness (QED) is 0.374. The van der Waals surface area contributed by atoms with E-state index in [4.69, 9.17) is 14.6 Å². The number of carbonyl (C=O) groups is 1. The average Bonchev–Trinajstić information content (AvgIpc) is 2.81. The maximum Gasteiger partial charge on any atom is 0.335 e. The molecule has 2 unspecified atom stereocenters. The van der Waals surface area contributed by atoms with E-state index in [1.165, 1.54) is 0 Å². The van der Waals surface area contributed by atoms with E-state index in [9.17, 15) is 4.79 Å². The van der Waals surface area contributed by atoms with Gasteiger partial charge >= 0.3 is 5.97 Å². The Bertz CT molecular complexity index is 199. The molecule has 0 aliphatic carbocycles. The van der Waals surface area contributed by atoms with Crippen LogP contribution in [0.4, 0.5) is 0 Å². The molecule has 0 radical (unpaired) electrons. The number of hydrogen-bond donors (Lipinski definition) is 1. The van der Waals surface area contributed by atoms with E-state index in [1.807, 2.05) is 6.92 Å². The molecule has 2 atom stereocenters. The van der Waals surface area contributed by atoms with Gasteiger partial charge in [0.15, 0.2) is 0 Å². The smallest absolute Gasteiger partial charge is 0.335 e. The fraction of sp³-hybridized carbons (Fsp3) is 0.625. The zero-order chi connectivity index (χ0) is 9.14. The van der Waals surface area contributed by atoms with Gasteiger partial charge in [0.25, 0.3) is 0 Å². The standard InChI is InChI=1S/C8H12O4/c1-3-5(2)7(10)12-8-6(4-9)11-8/h6,8-9H,2-4H2,1H3. The lowest BCUT2D eigenvalue weighted by molar-refractivity contribution is -0.143. The first-order chi connectivity index (χ1) is 5.69. The molecule has 4 nitrogen and oxygen atoms in total. The largest absolute Gasteiger partial charge is 0.429 e. The number of hydrogen-bond acceptors (Lipinski definition) is 4. The van der Waals surface area contributed by atoms with Gasteiger partial charge in [0, 0.05) is 5.57 Å². The van der Waals surface area contributed by atoms with E-state index < -0.39 is 12.3 Å². The summed E-state index contributed by atoms with van der Waals surface area (Å²) in [5, 5.41) is 8.55.